The monoisotopic (exact) mass is 230 g/mol. The van der Waals surface area contributed by atoms with E-state index in [1.165, 1.54) is 0 Å². The minimum atomic E-state index is -0.0592. The Bertz CT molecular complexity index is 498. The van der Waals surface area contributed by atoms with Crippen LogP contribution in [0.5, 0.6) is 0 Å². The zero-order valence-electron chi connectivity index (χ0n) is 9.72. The lowest BCUT2D eigenvalue weighted by molar-refractivity contribution is -0.129. The SMILES string of the molecule is Cc1ccccc1N1C(=O)CN2C(=O)CC[C@@H]21. The van der Waals surface area contributed by atoms with Crippen LogP contribution in [-0.2, 0) is 9.59 Å². The molecule has 0 radical (unpaired) electrons. The number of para-hydroxylation sites is 1. The first-order valence-corrected chi connectivity index (χ1v) is 5.85. The molecule has 2 amide bonds. The molecule has 2 heterocycles. The van der Waals surface area contributed by atoms with Gasteiger partial charge in [-0.1, -0.05) is 18.2 Å². The molecular weight excluding hydrogens is 216 g/mol. The summed E-state index contributed by atoms with van der Waals surface area (Å²) in [4.78, 5) is 27.1. The fourth-order valence-corrected chi connectivity index (χ4v) is 2.70. The molecule has 1 atom stereocenters. The van der Waals surface area contributed by atoms with Crippen LogP contribution in [0.1, 0.15) is 18.4 Å². The number of nitrogens with zero attached hydrogens (tertiary/aromatic N) is 2. The molecule has 1 aromatic carbocycles. The third-order valence-electron chi connectivity index (χ3n) is 3.54. The summed E-state index contributed by atoms with van der Waals surface area (Å²) in [5.74, 6) is 0.122. The van der Waals surface area contributed by atoms with Crippen molar-refractivity contribution in [3.63, 3.8) is 0 Å². The molecule has 3 rings (SSSR count). The van der Waals surface area contributed by atoms with Crippen LogP contribution >= 0.6 is 0 Å². The molecule has 4 nitrogen and oxygen atoms in total. The lowest BCUT2D eigenvalue weighted by atomic mass is 10.1. The molecule has 2 fully saturated rings. The summed E-state index contributed by atoms with van der Waals surface area (Å²) in [6, 6.07) is 7.81. The number of aryl methyl sites for hydroxylation is 1. The van der Waals surface area contributed by atoms with E-state index in [4.69, 9.17) is 0 Å². The summed E-state index contributed by atoms with van der Waals surface area (Å²) in [5.41, 5.74) is 2.00. The molecule has 2 aliphatic heterocycles. The van der Waals surface area contributed by atoms with Gasteiger partial charge in [-0.2, -0.15) is 0 Å². The Morgan fingerprint density at radius 2 is 1.94 bits per heavy atom. The van der Waals surface area contributed by atoms with Gasteiger partial charge in [0.2, 0.25) is 11.8 Å². The van der Waals surface area contributed by atoms with E-state index < -0.39 is 0 Å². The highest BCUT2D eigenvalue weighted by atomic mass is 16.2. The van der Waals surface area contributed by atoms with Crippen LogP contribution in [0.2, 0.25) is 0 Å². The molecule has 1 aromatic rings. The fraction of sp³-hybridized carbons (Fsp3) is 0.385. The normalized spacial score (nSPS) is 23.5. The molecule has 0 bridgehead atoms. The second-order valence-corrected chi connectivity index (χ2v) is 4.59. The Morgan fingerprint density at radius 3 is 2.71 bits per heavy atom. The van der Waals surface area contributed by atoms with Gasteiger partial charge in [0.25, 0.3) is 0 Å². The van der Waals surface area contributed by atoms with Crippen molar-refractivity contribution in [1.29, 1.82) is 0 Å². The van der Waals surface area contributed by atoms with Crippen LogP contribution in [-0.4, -0.2) is 29.4 Å². The van der Waals surface area contributed by atoms with Crippen molar-refractivity contribution in [3.8, 4) is 0 Å². The lowest BCUT2D eigenvalue weighted by Crippen LogP contribution is -2.36. The highest BCUT2D eigenvalue weighted by Gasteiger charge is 2.45. The maximum atomic E-state index is 12.0. The summed E-state index contributed by atoms with van der Waals surface area (Å²) in [7, 11) is 0. The van der Waals surface area contributed by atoms with Crippen molar-refractivity contribution in [3.05, 3.63) is 29.8 Å². The highest BCUT2D eigenvalue weighted by Crippen LogP contribution is 2.33. The average molecular weight is 230 g/mol. The molecule has 0 aromatic heterocycles. The zero-order valence-corrected chi connectivity index (χ0v) is 9.72. The van der Waals surface area contributed by atoms with Crippen LogP contribution in [0, 0.1) is 6.92 Å². The van der Waals surface area contributed by atoms with Gasteiger partial charge in [-0.15, -0.1) is 0 Å². The number of rotatable bonds is 1. The molecule has 0 N–H and O–H groups in total. The molecule has 88 valence electrons. The number of anilines is 1. The third kappa shape index (κ3) is 1.44. The molecule has 0 aliphatic carbocycles. The van der Waals surface area contributed by atoms with Gasteiger partial charge in [0.15, 0.2) is 0 Å². The van der Waals surface area contributed by atoms with Crippen LogP contribution in [0.4, 0.5) is 5.69 Å². The second kappa shape index (κ2) is 3.58. The Kier molecular flexibility index (Phi) is 2.18. The summed E-state index contributed by atoms with van der Waals surface area (Å²) in [5, 5.41) is 0. The van der Waals surface area contributed by atoms with Crippen molar-refractivity contribution in [1.82, 2.24) is 4.90 Å². The van der Waals surface area contributed by atoms with Gasteiger partial charge in [-0.3, -0.25) is 14.5 Å². The standard InChI is InChI=1S/C13H14N2O2/c1-9-4-2-3-5-10(9)15-11-6-7-12(16)14(11)8-13(15)17/h2-5,11H,6-8H2,1H3/t11-/m0/s1. The summed E-state index contributed by atoms with van der Waals surface area (Å²) in [6.45, 7) is 2.22. The van der Waals surface area contributed by atoms with Gasteiger partial charge in [-0.25, -0.2) is 0 Å². The minimum absolute atomic E-state index is 0.0253. The average Bonchev–Trinajstić information content (AvgIpc) is 2.80. The van der Waals surface area contributed by atoms with E-state index in [-0.39, 0.29) is 24.5 Å². The zero-order chi connectivity index (χ0) is 12.0. The van der Waals surface area contributed by atoms with Gasteiger partial charge in [0.1, 0.15) is 12.7 Å². The molecular formula is C13H14N2O2. The molecule has 2 aliphatic rings. The van der Waals surface area contributed by atoms with Gasteiger partial charge in [-0.05, 0) is 25.0 Å². The van der Waals surface area contributed by atoms with Gasteiger partial charge in [0, 0.05) is 12.1 Å². The maximum absolute atomic E-state index is 12.0. The largest absolute Gasteiger partial charge is 0.312 e. The van der Waals surface area contributed by atoms with Crippen molar-refractivity contribution in [2.24, 2.45) is 0 Å². The summed E-state index contributed by atoms with van der Waals surface area (Å²) < 4.78 is 0. The predicted octanol–water partition coefficient (Wildman–Crippen LogP) is 1.29. The Morgan fingerprint density at radius 1 is 1.18 bits per heavy atom. The molecule has 0 saturated carbocycles. The van der Waals surface area contributed by atoms with E-state index in [0.29, 0.717) is 6.42 Å². The van der Waals surface area contributed by atoms with E-state index in [1.807, 2.05) is 31.2 Å². The quantitative estimate of drug-likeness (QED) is 0.729. The maximum Gasteiger partial charge on any atom is 0.248 e. The van der Waals surface area contributed by atoms with Crippen LogP contribution in [0.3, 0.4) is 0 Å². The third-order valence-corrected chi connectivity index (χ3v) is 3.54. The molecule has 0 unspecified atom stereocenters. The molecule has 0 spiro atoms. The summed E-state index contributed by atoms with van der Waals surface area (Å²) >= 11 is 0. The van der Waals surface area contributed by atoms with E-state index in [2.05, 4.69) is 0 Å². The Labute approximate surface area is 99.8 Å². The number of hydrogen-bond donors (Lipinski definition) is 0. The van der Waals surface area contributed by atoms with Crippen molar-refractivity contribution in [2.45, 2.75) is 25.9 Å². The number of carbonyl (C=O) groups is 2. The number of amides is 2. The van der Waals surface area contributed by atoms with Gasteiger partial charge < -0.3 is 4.90 Å². The topological polar surface area (TPSA) is 40.6 Å². The number of benzene rings is 1. The molecule has 17 heavy (non-hydrogen) atoms. The molecule has 4 heteroatoms. The van der Waals surface area contributed by atoms with E-state index in [9.17, 15) is 9.59 Å². The van der Waals surface area contributed by atoms with Gasteiger partial charge >= 0.3 is 0 Å². The first-order chi connectivity index (χ1) is 8.18. The number of hydrogen-bond acceptors (Lipinski definition) is 2. The van der Waals surface area contributed by atoms with Crippen molar-refractivity contribution >= 4 is 17.5 Å². The van der Waals surface area contributed by atoms with Crippen LogP contribution in [0.25, 0.3) is 0 Å². The first kappa shape index (κ1) is 10.3. The smallest absolute Gasteiger partial charge is 0.248 e. The van der Waals surface area contributed by atoms with Crippen LogP contribution < -0.4 is 4.90 Å². The Balaban J connectivity index is 2.01. The fourth-order valence-electron chi connectivity index (χ4n) is 2.70. The van der Waals surface area contributed by atoms with E-state index >= 15 is 0 Å². The highest BCUT2D eigenvalue weighted by molar-refractivity contribution is 6.02. The van der Waals surface area contributed by atoms with Crippen molar-refractivity contribution < 1.29 is 9.59 Å². The van der Waals surface area contributed by atoms with Crippen LogP contribution in [0.15, 0.2) is 24.3 Å². The van der Waals surface area contributed by atoms with Gasteiger partial charge in [0.05, 0.1) is 0 Å². The predicted molar refractivity (Wildman–Crippen MR) is 63.4 cm³/mol. The summed E-state index contributed by atoms with van der Waals surface area (Å²) in [6.07, 6.45) is 1.25. The molecule has 2 saturated heterocycles. The Hall–Kier alpha value is -1.84. The second-order valence-electron chi connectivity index (χ2n) is 4.59. The number of fused-ring (bicyclic) bond motifs is 1. The minimum Gasteiger partial charge on any atom is -0.312 e. The van der Waals surface area contributed by atoms with E-state index in [1.54, 1.807) is 9.80 Å². The number of carbonyl (C=O) groups excluding carboxylic acids is 2. The lowest BCUT2D eigenvalue weighted by Gasteiger charge is -2.25. The van der Waals surface area contributed by atoms with Crippen molar-refractivity contribution in [2.75, 3.05) is 11.4 Å². The first-order valence-electron chi connectivity index (χ1n) is 5.85. The van der Waals surface area contributed by atoms with E-state index in [0.717, 1.165) is 17.7 Å².